The molecule has 2 saturated heterocycles. The van der Waals surface area contributed by atoms with Gasteiger partial charge in [-0.05, 0) is 54.3 Å². The van der Waals surface area contributed by atoms with Crippen molar-refractivity contribution in [3.63, 3.8) is 0 Å². The van der Waals surface area contributed by atoms with E-state index >= 15 is 0 Å². The minimum atomic E-state index is -4.63. The normalized spacial score (nSPS) is 21.7. The summed E-state index contributed by atoms with van der Waals surface area (Å²) in [6.07, 6.45) is -3.06. The highest BCUT2D eigenvalue weighted by Gasteiger charge is 2.44. The van der Waals surface area contributed by atoms with E-state index in [1.54, 1.807) is 25.4 Å². The van der Waals surface area contributed by atoms with Crippen molar-refractivity contribution in [1.82, 2.24) is 19.7 Å². The first-order chi connectivity index (χ1) is 18.6. The van der Waals surface area contributed by atoms with Gasteiger partial charge in [0.25, 0.3) is 5.91 Å². The highest BCUT2D eigenvalue weighted by atomic mass is 19.4. The van der Waals surface area contributed by atoms with Crippen LogP contribution in [0.25, 0.3) is 0 Å². The molecule has 3 aromatic rings. The SMILES string of the molecule is CC(c1cc2c(c(C(F)(F)F)c1)CN(c1cccc(C3(Cc4nncn4C)COC3)c1)C2=O)N1CCC(F)C1. The molecule has 2 atom stereocenters. The molecule has 6 rings (SSSR count). The van der Waals surface area contributed by atoms with E-state index in [1.807, 2.05) is 34.7 Å². The molecule has 2 unspecified atom stereocenters. The summed E-state index contributed by atoms with van der Waals surface area (Å²) in [6, 6.07) is 9.62. The number of aromatic nitrogens is 3. The highest BCUT2D eigenvalue weighted by Crippen LogP contribution is 2.43. The van der Waals surface area contributed by atoms with E-state index in [-0.39, 0.29) is 29.6 Å². The number of ether oxygens (including phenoxy) is 1. The molecule has 0 aliphatic carbocycles. The molecule has 39 heavy (non-hydrogen) atoms. The lowest BCUT2D eigenvalue weighted by atomic mass is 9.75. The van der Waals surface area contributed by atoms with Crippen molar-refractivity contribution in [3.05, 3.63) is 76.4 Å². The van der Waals surface area contributed by atoms with E-state index in [0.29, 0.717) is 43.9 Å². The maximum Gasteiger partial charge on any atom is 0.416 e. The fourth-order valence-corrected chi connectivity index (χ4v) is 5.93. The Morgan fingerprint density at radius 3 is 2.62 bits per heavy atom. The van der Waals surface area contributed by atoms with Gasteiger partial charge in [0, 0.05) is 49.3 Å². The maximum absolute atomic E-state index is 14.2. The number of rotatable bonds is 6. The third-order valence-corrected chi connectivity index (χ3v) is 8.39. The number of carbonyl (C=O) groups is 1. The molecule has 7 nitrogen and oxygen atoms in total. The second kappa shape index (κ2) is 9.41. The second-order valence-corrected chi connectivity index (χ2v) is 10.9. The molecule has 2 fully saturated rings. The van der Waals surface area contributed by atoms with Crippen LogP contribution in [0, 0.1) is 0 Å². The van der Waals surface area contributed by atoms with Gasteiger partial charge in [-0.2, -0.15) is 13.2 Å². The standard InChI is InChI=1S/C28H29F4N5O2/c1-17(36-7-6-20(29)12-36)18-8-22-23(24(9-18)28(30,31)32)13-37(26(22)38)21-5-3-4-19(10-21)27(14-39-15-27)11-25-34-33-16-35(25)2/h3-5,8-10,16-17,20H,6-7,11-15H2,1-2H3. The Morgan fingerprint density at radius 2 is 2.00 bits per heavy atom. The van der Waals surface area contributed by atoms with Gasteiger partial charge in [-0.25, -0.2) is 4.39 Å². The zero-order valence-electron chi connectivity index (χ0n) is 21.7. The quantitative estimate of drug-likeness (QED) is 0.425. The Bertz CT molecular complexity index is 1420. The summed E-state index contributed by atoms with van der Waals surface area (Å²) < 4.78 is 63.9. The van der Waals surface area contributed by atoms with Crippen molar-refractivity contribution in [2.24, 2.45) is 7.05 Å². The Balaban J connectivity index is 1.33. The molecule has 1 amide bonds. The molecule has 1 aromatic heterocycles. The number of hydrogen-bond donors (Lipinski definition) is 0. The number of amides is 1. The van der Waals surface area contributed by atoms with Gasteiger partial charge in [-0.1, -0.05) is 12.1 Å². The first-order valence-electron chi connectivity index (χ1n) is 13.0. The van der Waals surface area contributed by atoms with E-state index in [0.717, 1.165) is 17.5 Å². The van der Waals surface area contributed by atoms with E-state index in [1.165, 1.54) is 4.90 Å². The summed E-state index contributed by atoms with van der Waals surface area (Å²) >= 11 is 0. The summed E-state index contributed by atoms with van der Waals surface area (Å²) in [5.41, 5.74) is 0.673. The zero-order valence-corrected chi connectivity index (χ0v) is 21.7. The third-order valence-electron chi connectivity index (χ3n) is 8.39. The molecular weight excluding hydrogens is 514 g/mol. The fourth-order valence-electron chi connectivity index (χ4n) is 5.93. The third kappa shape index (κ3) is 4.51. The molecule has 2 aromatic carbocycles. The van der Waals surface area contributed by atoms with E-state index in [9.17, 15) is 22.4 Å². The average molecular weight is 544 g/mol. The van der Waals surface area contributed by atoms with Crippen molar-refractivity contribution < 1.29 is 27.1 Å². The van der Waals surface area contributed by atoms with Crippen LogP contribution in [0.3, 0.4) is 0 Å². The number of alkyl halides is 4. The molecule has 4 heterocycles. The van der Waals surface area contributed by atoms with Crippen LogP contribution in [-0.2, 0) is 36.3 Å². The summed E-state index contributed by atoms with van der Waals surface area (Å²) in [6.45, 7) is 3.15. The van der Waals surface area contributed by atoms with Gasteiger partial charge >= 0.3 is 6.18 Å². The highest BCUT2D eigenvalue weighted by molar-refractivity contribution is 6.10. The van der Waals surface area contributed by atoms with Crippen LogP contribution in [0.2, 0.25) is 0 Å². The molecular formula is C28H29F4N5O2. The van der Waals surface area contributed by atoms with Crippen LogP contribution in [0.15, 0.2) is 42.7 Å². The molecule has 11 heteroatoms. The smallest absolute Gasteiger partial charge is 0.379 e. The number of anilines is 1. The molecule has 0 N–H and O–H groups in total. The lowest BCUT2D eigenvalue weighted by Gasteiger charge is -2.42. The topological polar surface area (TPSA) is 63.5 Å². The van der Waals surface area contributed by atoms with Gasteiger partial charge in [0.15, 0.2) is 0 Å². The van der Waals surface area contributed by atoms with Gasteiger partial charge in [-0.3, -0.25) is 9.69 Å². The van der Waals surface area contributed by atoms with Crippen molar-refractivity contribution in [2.75, 3.05) is 31.2 Å². The van der Waals surface area contributed by atoms with Gasteiger partial charge in [-0.15, -0.1) is 10.2 Å². The summed E-state index contributed by atoms with van der Waals surface area (Å²) in [5, 5.41) is 8.15. The molecule has 0 radical (unpaired) electrons. The van der Waals surface area contributed by atoms with E-state index in [4.69, 9.17) is 4.74 Å². The lowest BCUT2D eigenvalue weighted by molar-refractivity contribution is -0.138. The predicted molar refractivity (Wildman–Crippen MR) is 135 cm³/mol. The van der Waals surface area contributed by atoms with Crippen LogP contribution in [0.1, 0.15) is 57.8 Å². The summed E-state index contributed by atoms with van der Waals surface area (Å²) in [7, 11) is 1.87. The van der Waals surface area contributed by atoms with Crippen molar-refractivity contribution in [3.8, 4) is 0 Å². The van der Waals surface area contributed by atoms with E-state index < -0.39 is 29.9 Å². The van der Waals surface area contributed by atoms with Crippen LogP contribution in [-0.4, -0.2) is 58.0 Å². The van der Waals surface area contributed by atoms with Crippen molar-refractivity contribution >= 4 is 11.6 Å². The zero-order chi connectivity index (χ0) is 27.5. The number of fused-ring (bicyclic) bond motifs is 1. The Labute approximate surface area is 223 Å². The average Bonchev–Trinajstić information content (AvgIpc) is 3.58. The number of aryl methyl sites for hydroxylation is 1. The Hall–Kier alpha value is -3.31. The maximum atomic E-state index is 14.2. The minimum absolute atomic E-state index is 0.0283. The predicted octanol–water partition coefficient (Wildman–Crippen LogP) is 4.61. The van der Waals surface area contributed by atoms with Gasteiger partial charge in [0.05, 0.1) is 25.3 Å². The summed E-state index contributed by atoms with van der Waals surface area (Å²) in [5.74, 6) is 0.320. The Morgan fingerprint density at radius 1 is 1.21 bits per heavy atom. The largest absolute Gasteiger partial charge is 0.416 e. The number of nitrogens with zero attached hydrogens (tertiary/aromatic N) is 5. The minimum Gasteiger partial charge on any atom is -0.379 e. The van der Waals surface area contributed by atoms with Gasteiger partial charge < -0.3 is 14.2 Å². The number of hydrogen-bond acceptors (Lipinski definition) is 5. The monoisotopic (exact) mass is 543 g/mol. The molecule has 3 aliphatic rings. The van der Waals surface area contributed by atoms with Crippen LogP contribution in [0.5, 0.6) is 0 Å². The second-order valence-electron chi connectivity index (χ2n) is 10.9. The number of halogens is 4. The lowest BCUT2D eigenvalue weighted by Crippen LogP contribution is -2.49. The fraction of sp³-hybridized carbons (Fsp3) is 0.464. The van der Waals surface area contributed by atoms with Gasteiger partial charge in [0.2, 0.25) is 0 Å². The number of carbonyl (C=O) groups excluding carboxylic acids is 1. The van der Waals surface area contributed by atoms with Crippen molar-refractivity contribution in [1.29, 1.82) is 0 Å². The summed E-state index contributed by atoms with van der Waals surface area (Å²) in [4.78, 5) is 16.8. The van der Waals surface area contributed by atoms with Crippen LogP contribution in [0.4, 0.5) is 23.2 Å². The van der Waals surface area contributed by atoms with Crippen molar-refractivity contribution in [2.45, 2.75) is 50.1 Å². The number of likely N-dealkylation sites (tertiary alicyclic amines) is 1. The van der Waals surface area contributed by atoms with Gasteiger partial charge in [0.1, 0.15) is 18.3 Å². The Kier molecular flexibility index (Phi) is 6.26. The molecule has 206 valence electrons. The first kappa shape index (κ1) is 25.9. The molecule has 0 bridgehead atoms. The van der Waals surface area contributed by atoms with E-state index in [2.05, 4.69) is 10.2 Å². The molecule has 0 saturated carbocycles. The molecule has 3 aliphatic heterocycles. The molecule has 0 spiro atoms. The number of benzene rings is 2. The van der Waals surface area contributed by atoms with Crippen LogP contribution < -0.4 is 4.90 Å². The van der Waals surface area contributed by atoms with Crippen LogP contribution >= 0.6 is 0 Å². The first-order valence-corrected chi connectivity index (χ1v) is 13.0.